The molecule has 0 saturated carbocycles. The van der Waals surface area contributed by atoms with Crippen LogP contribution in [-0.4, -0.2) is 22.2 Å². The average molecular weight is 371 g/mol. The standard InChI is InChI=1S/C18H12ClFN4O2/c1-25-14-7-4-11(19)8-13(14)23-17-15-16(10-2-5-12(20)6-3-10)24-26-18(15)22-9-21-17/h2-9H,1H3,(H,21,22,23). The number of nitrogens with zero attached hydrogens (tertiary/aromatic N) is 3. The van der Waals surface area contributed by atoms with Crippen molar-refractivity contribution in [3.05, 3.63) is 59.6 Å². The number of nitrogens with one attached hydrogen (secondary N) is 1. The maximum absolute atomic E-state index is 13.2. The molecule has 0 saturated heterocycles. The van der Waals surface area contributed by atoms with E-state index in [9.17, 15) is 4.39 Å². The summed E-state index contributed by atoms with van der Waals surface area (Å²) in [6.45, 7) is 0. The van der Waals surface area contributed by atoms with Crippen molar-refractivity contribution in [2.45, 2.75) is 0 Å². The first-order chi connectivity index (χ1) is 12.7. The number of aromatic nitrogens is 3. The molecule has 130 valence electrons. The Kier molecular flexibility index (Phi) is 4.14. The van der Waals surface area contributed by atoms with Gasteiger partial charge in [-0.25, -0.2) is 9.37 Å². The third-order valence-electron chi connectivity index (χ3n) is 3.80. The molecule has 26 heavy (non-hydrogen) atoms. The Morgan fingerprint density at radius 3 is 2.69 bits per heavy atom. The third-order valence-corrected chi connectivity index (χ3v) is 4.04. The number of ether oxygens (including phenoxy) is 1. The van der Waals surface area contributed by atoms with Crippen molar-refractivity contribution >= 4 is 34.2 Å². The first-order valence-corrected chi connectivity index (χ1v) is 8.00. The maximum atomic E-state index is 13.2. The molecular formula is C18H12ClFN4O2. The fraction of sp³-hybridized carbons (Fsp3) is 0.0556. The lowest BCUT2D eigenvalue weighted by atomic mass is 10.1. The summed E-state index contributed by atoms with van der Waals surface area (Å²) < 4.78 is 23.9. The largest absolute Gasteiger partial charge is 0.495 e. The van der Waals surface area contributed by atoms with Crippen LogP contribution in [0.25, 0.3) is 22.4 Å². The van der Waals surface area contributed by atoms with Crippen LogP contribution in [0.4, 0.5) is 15.9 Å². The van der Waals surface area contributed by atoms with Crippen LogP contribution in [0.5, 0.6) is 5.75 Å². The lowest BCUT2D eigenvalue weighted by Crippen LogP contribution is -1.98. The molecule has 0 fully saturated rings. The zero-order valence-electron chi connectivity index (χ0n) is 13.5. The van der Waals surface area contributed by atoms with Gasteiger partial charge in [-0.3, -0.25) is 0 Å². The number of halogens is 2. The number of anilines is 2. The maximum Gasteiger partial charge on any atom is 0.263 e. The Labute approximate surface area is 152 Å². The molecule has 4 rings (SSSR count). The number of methoxy groups -OCH3 is 1. The van der Waals surface area contributed by atoms with E-state index in [-0.39, 0.29) is 5.82 Å². The summed E-state index contributed by atoms with van der Waals surface area (Å²) in [6, 6.07) is 11.1. The topological polar surface area (TPSA) is 73.1 Å². The minimum Gasteiger partial charge on any atom is -0.495 e. The van der Waals surface area contributed by atoms with Crippen LogP contribution in [-0.2, 0) is 0 Å². The van der Waals surface area contributed by atoms with Crippen LogP contribution in [0.3, 0.4) is 0 Å². The van der Waals surface area contributed by atoms with E-state index in [4.69, 9.17) is 20.9 Å². The van der Waals surface area contributed by atoms with Gasteiger partial charge in [0.15, 0.2) is 0 Å². The summed E-state index contributed by atoms with van der Waals surface area (Å²) in [7, 11) is 1.56. The normalized spacial score (nSPS) is 10.9. The van der Waals surface area contributed by atoms with E-state index in [1.165, 1.54) is 18.5 Å². The summed E-state index contributed by atoms with van der Waals surface area (Å²) in [5.74, 6) is 0.733. The van der Waals surface area contributed by atoms with Crippen LogP contribution in [0.1, 0.15) is 0 Å². The third kappa shape index (κ3) is 2.93. The zero-order valence-corrected chi connectivity index (χ0v) is 14.3. The molecule has 0 atom stereocenters. The second-order valence-electron chi connectivity index (χ2n) is 5.41. The molecule has 6 nitrogen and oxygen atoms in total. The summed E-state index contributed by atoms with van der Waals surface area (Å²) in [4.78, 5) is 8.38. The van der Waals surface area contributed by atoms with E-state index >= 15 is 0 Å². The molecule has 2 aromatic carbocycles. The molecule has 0 bridgehead atoms. The minimum atomic E-state index is -0.334. The minimum absolute atomic E-state index is 0.308. The molecular weight excluding hydrogens is 359 g/mol. The Morgan fingerprint density at radius 1 is 1.12 bits per heavy atom. The monoisotopic (exact) mass is 370 g/mol. The van der Waals surface area contributed by atoms with Crippen LogP contribution >= 0.6 is 11.6 Å². The number of hydrogen-bond donors (Lipinski definition) is 1. The van der Waals surface area contributed by atoms with E-state index in [1.807, 2.05) is 0 Å². The predicted octanol–water partition coefficient (Wildman–Crippen LogP) is 4.83. The average Bonchev–Trinajstić information content (AvgIpc) is 3.08. The van der Waals surface area contributed by atoms with Gasteiger partial charge in [0, 0.05) is 10.6 Å². The van der Waals surface area contributed by atoms with E-state index < -0.39 is 0 Å². The fourth-order valence-corrected chi connectivity index (χ4v) is 2.76. The highest BCUT2D eigenvalue weighted by molar-refractivity contribution is 6.31. The van der Waals surface area contributed by atoms with Gasteiger partial charge in [0.25, 0.3) is 5.71 Å². The Morgan fingerprint density at radius 2 is 1.92 bits per heavy atom. The molecule has 0 radical (unpaired) electrons. The number of hydrogen-bond acceptors (Lipinski definition) is 6. The highest BCUT2D eigenvalue weighted by atomic mass is 35.5. The summed E-state index contributed by atoms with van der Waals surface area (Å²) in [5, 5.41) is 8.36. The van der Waals surface area contributed by atoms with Crippen molar-refractivity contribution in [3.63, 3.8) is 0 Å². The van der Waals surface area contributed by atoms with Gasteiger partial charge in [0.05, 0.1) is 12.8 Å². The number of rotatable bonds is 4. The number of fused-ring (bicyclic) bond motifs is 1. The smallest absolute Gasteiger partial charge is 0.263 e. The van der Waals surface area contributed by atoms with Gasteiger partial charge < -0.3 is 14.6 Å². The Hall–Kier alpha value is -3.19. The highest BCUT2D eigenvalue weighted by Crippen LogP contribution is 2.35. The van der Waals surface area contributed by atoms with Crippen LogP contribution in [0, 0.1) is 5.82 Å². The second-order valence-corrected chi connectivity index (χ2v) is 5.85. The van der Waals surface area contributed by atoms with E-state index in [0.717, 1.165) is 0 Å². The van der Waals surface area contributed by atoms with Crippen LogP contribution in [0.2, 0.25) is 5.02 Å². The zero-order chi connectivity index (χ0) is 18.1. The SMILES string of the molecule is COc1ccc(Cl)cc1Nc1ncnc2onc(-c3ccc(F)cc3)c12. The van der Waals surface area contributed by atoms with Gasteiger partial charge in [-0.1, -0.05) is 16.8 Å². The van der Waals surface area contributed by atoms with Gasteiger partial charge in [-0.05, 0) is 42.5 Å². The molecule has 0 spiro atoms. The van der Waals surface area contributed by atoms with E-state index in [0.29, 0.717) is 44.6 Å². The highest BCUT2D eigenvalue weighted by Gasteiger charge is 2.18. The predicted molar refractivity (Wildman–Crippen MR) is 96.3 cm³/mol. The first-order valence-electron chi connectivity index (χ1n) is 7.62. The van der Waals surface area contributed by atoms with Gasteiger partial charge in [-0.2, -0.15) is 4.98 Å². The van der Waals surface area contributed by atoms with Crippen molar-refractivity contribution in [1.29, 1.82) is 0 Å². The molecule has 2 aromatic heterocycles. The van der Waals surface area contributed by atoms with Crippen molar-refractivity contribution in [2.75, 3.05) is 12.4 Å². The lowest BCUT2D eigenvalue weighted by molar-refractivity contribution is 0.417. The molecule has 0 aliphatic heterocycles. The molecule has 0 aliphatic rings. The van der Waals surface area contributed by atoms with Crippen LogP contribution < -0.4 is 10.1 Å². The fourth-order valence-electron chi connectivity index (χ4n) is 2.59. The summed E-state index contributed by atoms with van der Waals surface area (Å²) >= 11 is 6.08. The Bertz CT molecular complexity index is 1080. The molecule has 8 heteroatoms. The van der Waals surface area contributed by atoms with Gasteiger partial charge >= 0.3 is 0 Å². The van der Waals surface area contributed by atoms with Crippen LogP contribution in [0.15, 0.2) is 53.3 Å². The lowest BCUT2D eigenvalue weighted by Gasteiger charge is -2.11. The number of benzene rings is 2. The Balaban J connectivity index is 1.85. The molecule has 4 aromatic rings. The molecule has 0 aliphatic carbocycles. The second kappa shape index (κ2) is 6.61. The molecule has 1 N–H and O–H groups in total. The van der Waals surface area contributed by atoms with Gasteiger partial charge in [0.1, 0.15) is 34.8 Å². The molecule has 0 unspecified atom stereocenters. The van der Waals surface area contributed by atoms with E-state index in [2.05, 4.69) is 20.4 Å². The van der Waals surface area contributed by atoms with Gasteiger partial charge in [0.2, 0.25) is 0 Å². The molecule has 2 heterocycles. The van der Waals surface area contributed by atoms with Gasteiger partial charge in [-0.15, -0.1) is 0 Å². The summed E-state index contributed by atoms with van der Waals surface area (Å²) in [5.41, 5.74) is 2.12. The van der Waals surface area contributed by atoms with Crippen molar-refractivity contribution < 1.29 is 13.7 Å². The first kappa shape index (κ1) is 16.3. The van der Waals surface area contributed by atoms with Crippen molar-refractivity contribution in [1.82, 2.24) is 15.1 Å². The van der Waals surface area contributed by atoms with Crippen molar-refractivity contribution in [3.8, 4) is 17.0 Å². The molecule has 0 amide bonds. The summed E-state index contributed by atoms with van der Waals surface area (Å²) in [6.07, 6.45) is 1.36. The quantitative estimate of drug-likeness (QED) is 0.554. The van der Waals surface area contributed by atoms with Crippen molar-refractivity contribution in [2.24, 2.45) is 0 Å². The van der Waals surface area contributed by atoms with E-state index in [1.54, 1.807) is 37.4 Å².